The monoisotopic (exact) mass is 359 g/mol. The van der Waals surface area contributed by atoms with E-state index in [0.717, 1.165) is 6.26 Å². The number of hydrogen-bond donors (Lipinski definition) is 0. The fraction of sp³-hybridized carbons (Fsp3) is 0.308. The first kappa shape index (κ1) is 17.2. The van der Waals surface area contributed by atoms with Crippen molar-refractivity contribution in [1.82, 2.24) is 15.0 Å². The molecule has 0 amide bonds. The Morgan fingerprint density at radius 3 is 2.52 bits per heavy atom. The van der Waals surface area contributed by atoms with Crippen LogP contribution in [-0.4, -0.2) is 49.4 Å². The Morgan fingerprint density at radius 2 is 1.96 bits per heavy atom. The maximum Gasteiger partial charge on any atom is 0.339 e. The molecular weight excluding hydrogens is 346 g/mol. The molecule has 23 heavy (non-hydrogen) atoms. The molecule has 1 heterocycles. The van der Waals surface area contributed by atoms with Gasteiger partial charge in [-0.3, -0.25) is 0 Å². The van der Waals surface area contributed by atoms with Crippen molar-refractivity contribution in [3.63, 3.8) is 0 Å². The van der Waals surface area contributed by atoms with Gasteiger partial charge in [-0.25, -0.2) is 13.2 Å². The molecule has 0 saturated heterocycles. The average molecular weight is 360 g/mol. The fourth-order valence-electron chi connectivity index (χ4n) is 1.82. The van der Waals surface area contributed by atoms with Gasteiger partial charge in [0.25, 0.3) is 0 Å². The van der Waals surface area contributed by atoms with E-state index in [1.165, 1.54) is 36.4 Å². The van der Waals surface area contributed by atoms with Crippen molar-refractivity contribution in [2.45, 2.75) is 11.4 Å². The van der Waals surface area contributed by atoms with Gasteiger partial charge in [0.15, 0.2) is 15.6 Å². The highest BCUT2D eigenvalue weighted by molar-refractivity contribution is 7.90. The summed E-state index contributed by atoms with van der Waals surface area (Å²) in [5.41, 5.74) is 0.0220. The van der Waals surface area contributed by atoms with Gasteiger partial charge in [0.1, 0.15) is 11.5 Å². The Kier molecular flexibility index (Phi) is 5.22. The summed E-state index contributed by atoms with van der Waals surface area (Å²) in [6.45, 7) is 0.358. The molecule has 0 fully saturated rings. The highest BCUT2D eigenvalue weighted by atomic mass is 35.5. The Bertz CT molecular complexity index is 805. The zero-order chi connectivity index (χ0) is 17.0. The molecule has 2 aromatic rings. The molecule has 1 aromatic heterocycles. The van der Waals surface area contributed by atoms with Crippen LogP contribution in [0, 0.1) is 0 Å². The second kappa shape index (κ2) is 6.97. The lowest BCUT2D eigenvalue weighted by atomic mass is 10.2. The van der Waals surface area contributed by atoms with Crippen LogP contribution in [0.15, 0.2) is 29.4 Å². The maximum absolute atomic E-state index is 11.9. The van der Waals surface area contributed by atoms with E-state index in [2.05, 4.69) is 14.9 Å². The maximum atomic E-state index is 11.9. The minimum absolute atomic E-state index is 0.0220. The summed E-state index contributed by atoms with van der Waals surface area (Å²) in [7, 11) is -2.39. The second-order valence-electron chi connectivity index (χ2n) is 4.49. The molecule has 124 valence electrons. The lowest BCUT2D eigenvalue weighted by molar-refractivity contribution is 0.0600. The highest BCUT2D eigenvalue weighted by Gasteiger charge is 2.23. The van der Waals surface area contributed by atoms with E-state index >= 15 is 0 Å². The van der Waals surface area contributed by atoms with Crippen LogP contribution in [0.25, 0.3) is 0 Å². The van der Waals surface area contributed by atoms with Gasteiger partial charge in [-0.15, -0.1) is 0 Å². The van der Waals surface area contributed by atoms with Crippen molar-refractivity contribution >= 4 is 27.4 Å². The van der Waals surface area contributed by atoms with Crippen molar-refractivity contribution < 1.29 is 22.7 Å². The van der Waals surface area contributed by atoms with Crippen LogP contribution >= 0.6 is 11.6 Å². The molecule has 0 N–H and O–H groups in total. The third kappa shape index (κ3) is 3.99. The van der Waals surface area contributed by atoms with E-state index in [1.807, 2.05) is 0 Å². The summed E-state index contributed by atoms with van der Waals surface area (Å²) in [4.78, 5) is 12.9. The number of carbonyl (C=O) groups is 1. The Balaban J connectivity index is 2.34. The summed E-state index contributed by atoms with van der Waals surface area (Å²) in [5.74, 6) is -0.780. The normalized spacial score (nSPS) is 11.3. The van der Waals surface area contributed by atoms with E-state index in [9.17, 15) is 13.2 Å². The zero-order valence-electron chi connectivity index (χ0n) is 12.4. The van der Waals surface area contributed by atoms with Gasteiger partial charge in [-0.1, -0.05) is 11.6 Å². The van der Waals surface area contributed by atoms with Gasteiger partial charge in [0.05, 0.1) is 36.6 Å². The third-order valence-electron chi connectivity index (χ3n) is 2.87. The second-order valence-corrected chi connectivity index (χ2v) is 6.85. The van der Waals surface area contributed by atoms with Crippen molar-refractivity contribution in [3.05, 3.63) is 35.1 Å². The van der Waals surface area contributed by atoms with Gasteiger partial charge >= 0.3 is 5.97 Å². The average Bonchev–Trinajstić information content (AvgIpc) is 3.00. The van der Waals surface area contributed by atoms with Gasteiger partial charge in [0.2, 0.25) is 0 Å². The summed E-state index contributed by atoms with van der Waals surface area (Å²) < 4.78 is 33.8. The van der Waals surface area contributed by atoms with Crippen molar-refractivity contribution in [2.24, 2.45) is 0 Å². The van der Waals surface area contributed by atoms with Crippen molar-refractivity contribution in [2.75, 3.05) is 20.0 Å². The molecule has 0 bridgehead atoms. The summed E-state index contributed by atoms with van der Waals surface area (Å²) >= 11 is 6.13. The summed E-state index contributed by atoms with van der Waals surface area (Å²) in [6.07, 6.45) is 4.04. The topological polar surface area (TPSA) is 100 Å². The fourth-order valence-corrected chi connectivity index (χ4v) is 2.99. The lowest BCUT2D eigenvalue weighted by Crippen LogP contribution is -2.13. The Morgan fingerprint density at radius 1 is 1.30 bits per heavy atom. The highest BCUT2D eigenvalue weighted by Crippen LogP contribution is 2.35. The molecule has 0 saturated carbocycles. The van der Waals surface area contributed by atoms with E-state index in [0.29, 0.717) is 0 Å². The SMILES string of the molecule is COC(=O)c1ccc(S(C)(=O)=O)c(OCCn2nccn2)c1Cl. The van der Waals surface area contributed by atoms with Crippen LogP contribution in [0.4, 0.5) is 0 Å². The molecule has 10 heteroatoms. The molecule has 0 unspecified atom stereocenters. The number of sulfone groups is 1. The number of nitrogens with zero attached hydrogens (tertiary/aromatic N) is 3. The first-order valence-electron chi connectivity index (χ1n) is 6.42. The van der Waals surface area contributed by atoms with Gasteiger partial charge in [-0.05, 0) is 12.1 Å². The number of halogens is 1. The molecule has 0 atom stereocenters. The van der Waals surface area contributed by atoms with Gasteiger partial charge in [-0.2, -0.15) is 15.0 Å². The third-order valence-corrected chi connectivity index (χ3v) is 4.37. The van der Waals surface area contributed by atoms with E-state index in [-0.39, 0.29) is 34.4 Å². The standard InChI is InChI=1S/C13H14ClN3O5S/c1-21-13(18)9-3-4-10(23(2,19)20)12(11(9)14)22-8-7-17-15-5-6-16-17/h3-6H,7-8H2,1-2H3. The number of benzene rings is 1. The van der Waals surface area contributed by atoms with Crippen molar-refractivity contribution in [1.29, 1.82) is 0 Å². The number of hydrogen-bond acceptors (Lipinski definition) is 7. The Hall–Kier alpha value is -2.13. The largest absolute Gasteiger partial charge is 0.489 e. The number of rotatable bonds is 6. The van der Waals surface area contributed by atoms with Gasteiger partial charge < -0.3 is 9.47 Å². The molecule has 2 rings (SSSR count). The molecule has 0 spiro atoms. The van der Waals surface area contributed by atoms with Crippen LogP contribution in [0.1, 0.15) is 10.4 Å². The molecule has 1 aromatic carbocycles. The van der Waals surface area contributed by atoms with E-state index in [1.54, 1.807) is 0 Å². The van der Waals surface area contributed by atoms with Crippen LogP contribution in [0.2, 0.25) is 5.02 Å². The number of aromatic nitrogens is 3. The lowest BCUT2D eigenvalue weighted by Gasteiger charge is -2.14. The number of methoxy groups -OCH3 is 1. The smallest absolute Gasteiger partial charge is 0.339 e. The molecule has 0 aliphatic heterocycles. The van der Waals surface area contributed by atoms with E-state index in [4.69, 9.17) is 16.3 Å². The molecule has 0 aliphatic rings. The van der Waals surface area contributed by atoms with Crippen LogP contribution in [-0.2, 0) is 21.1 Å². The quantitative estimate of drug-likeness (QED) is 0.714. The van der Waals surface area contributed by atoms with Crippen LogP contribution in [0.3, 0.4) is 0 Å². The molecule has 8 nitrogen and oxygen atoms in total. The summed E-state index contributed by atoms with van der Waals surface area (Å²) in [6, 6.07) is 2.54. The predicted octanol–water partition coefficient (Wildman–Crippen LogP) is 1.20. The minimum Gasteiger partial charge on any atom is -0.489 e. The first-order chi connectivity index (χ1) is 10.8. The number of carbonyl (C=O) groups excluding carboxylic acids is 1. The number of esters is 1. The van der Waals surface area contributed by atoms with Gasteiger partial charge in [0, 0.05) is 6.26 Å². The van der Waals surface area contributed by atoms with E-state index < -0.39 is 15.8 Å². The predicted molar refractivity (Wildman–Crippen MR) is 81.4 cm³/mol. The number of ether oxygens (including phenoxy) is 2. The van der Waals surface area contributed by atoms with Crippen molar-refractivity contribution in [3.8, 4) is 5.75 Å². The minimum atomic E-state index is -3.59. The summed E-state index contributed by atoms with van der Waals surface area (Å²) in [5, 5.41) is 7.68. The molecule has 0 aliphatic carbocycles. The Labute approximate surface area is 137 Å². The molecule has 0 radical (unpaired) electrons. The first-order valence-corrected chi connectivity index (χ1v) is 8.69. The van der Waals surface area contributed by atoms with Crippen LogP contribution < -0.4 is 4.74 Å². The zero-order valence-corrected chi connectivity index (χ0v) is 14.0. The molecular formula is C13H14ClN3O5S. The van der Waals surface area contributed by atoms with Crippen LogP contribution in [0.5, 0.6) is 5.75 Å².